The van der Waals surface area contributed by atoms with E-state index in [1.165, 1.54) is 10.7 Å². The molecule has 0 saturated heterocycles. The van der Waals surface area contributed by atoms with Gasteiger partial charge >= 0.3 is 0 Å². The molecule has 0 saturated carbocycles. The van der Waals surface area contributed by atoms with Gasteiger partial charge in [0.15, 0.2) is 0 Å². The molecule has 7 heteroatoms. The van der Waals surface area contributed by atoms with Gasteiger partial charge in [0.25, 0.3) is 0 Å². The first kappa shape index (κ1) is 19.5. The third kappa shape index (κ3) is 5.39. The van der Waals surface area contributed by atoms with Crippen molar-refractivity contribution in [3.63, 3.8) is 0 Å². The van der Waals surface area contributed by atoms with E-state index < -0.39 is 6.04 Å². The molecule has 0 bridgehead atoms. The highest BCUT2D eigenvalue weighted by Crippen LogP contribution is 2.12. The number of hydrogen-bond donors (Lipinski definition) is 1. The Morgan fingerprint density at radius 1 is 1.18 bits per heavy atom. The van der Waals surface area contributed by atoms with Crippen LogP contribution in [0.15, 0.2) is 60.8 Å². The van der Waals surface area contributed by atoms with Gasteiger partial charge in [-0.2, -0.15) is 0 Å². The monoisotopic (exact) mass is 382 g/mol. The number of aromatic nitrogens is 3. The lowest BCUT2D eigenvalue weighted by Crippen LogP contribution is -2.32. The first-order chi connectivity index (χ1) is 13.6. The van der Waals surface area contributed by atoms with Gasteiger partial charge in [0.05, 0.1) is 6.20 Å². The second kappa shape index (κ2) is 9.64. The third-order valence-corrected chi connectivity index (χ3v) is 4.34. The fourth-order valence-electron chi connectivity index (χ4n) is 2.70. The van der Waals surface area contributed by atoms with Crippen molar-refractivity contribution < 1.29 is 13.9 Å². The molecule has 146 valence electrons. The minimum Gasteiger partial charge on any atom is -0.487 e. The summed E-state index contributed by atoms with van der Waals surface area (Å²) in [5.41, 5.74) is 1.30. The summed E-state index contributed by atoms with van der Waals surface area (Å²) in [5, 5.41) is 10.9. The summed E-state index contributed by atoms with van der Waals surface area (Å²) in [7, 11) is 0. The molecule has 0 aliphatic heterocycles. The van der Waals surface area contributed by atoms with E-state index in [0.717, 1.165) is 5.75 Å². The van der Waals surface area contributed by atoms with Crippen LogP contribution in [0.4, 0.5) is 4.39 Å². The SMILES string of the molecule is CC(C(=O)NCCCc1ccccc1F)n1cc(COc2ccccc2)nn1. The van der Waals surface area contributed by atoms with Crippen LogP contribution in [0.25, 0.3) is 0 Å². The van der Waals surface area contributed by atoms with Crippen LogP contribution in [0, 0.1) is 5.82 Å². The molecule has 1 heterocycles. The van der Waals surface area contributed by atoms with Gasteiger partial charge in [-0.05, 0) is 43.5 Å². The second-order valence-corrected chi connectivity index (χ2v) is 6.45. The summed E-state index contributed by atoms with van der Waals surface area (Å²) in [6, 6.07) is 15.6. The number of hydrogen-bond acceptors (Lipinski definition) is 4. The van der Waals surface area contributed by atoms with Gasteiger partial charge in [-0.3, -0.25) is 4.79 Å². The van der Waals surface area contributed by atoms with Crippen molar-refractivity contribution in [2.45, 2.75) is 32.4 Å². The van der Waals surface area contributed by atoms with Crippen LogP contribution < -0.4 is 10.1 Å². The standard InChI is InChI=1S/C21H23FN4O2/c1-16(21(27)23-13-7-9-17-8-5-6-12-20(17)22)26-14-18(24-25-26)15-28-19-10-3-2-4-11-19/h2-6,8,10-12,14,16H,7,9,13,15H2,1H3,(H,23,27). The molecule has 0 aliphatic carbocycles. The molecule has 1 aromatic heterocycles. The van der Waals surface area contributed by atoms with Crippen LogP contribution in [-0.4, -0.2) is 27.4 Å². The lowest BCUT2D eigenvalue weighted by Gasteiger charge is -2.12. The molecule has 1 amide bonds. The molecule has 3 rings (SSSR count). The first-order valence-corrected chi connectivity index (χ1v) is 9.23. The van der Waals surface area contributed by atoms with Crippen molar-refractivity contribution in [1.29, 1.82) is 0 Å². The number of ether oxygens (including phenoxy) is 1. The zero-order chi connectivity index (χ0) is 19.8. The Morgan fingerprint density at radius 3 is 2.71 bits per heavy atom. The van der Waals surface area contributed by atoms with E-state index in [1.807, 2.05) is 36.4 Å². The van der Waals surface area contributed by atoms with Gasteiger partial charge in [-0.15, -0.1) is 5.10 Å². The average molecular weight is 382 g/mol. The van der Waals surface area contributed by atoms with Crippen molar-refractivity contribution >= 4 is 5.91 Å². The molecule has 0 spiro atoms. The predicted octanol–water partition coefficient (Wildman–Crippen LogP) is 3.31. The minimum absolute atomic E-state index is 0.158. The molecule has 1 N–H and O–H groups in total. The van der Waals surface area contributed by atoms with Gasteiger partial charge in [-0.1, -0.05) is 41.6 Å². The minimum atomic E-state index is -0.494. The van der Waals surface area contributed by atoms with Crippen LogP contribution in [0.1, 0.15) is 30.6 Å². The van der Waals surface area contributed by atoms with Gasteiger partial charge in [-0.25, -0.2) is 9.07 Å². The lowest BCUT2D eigenvalue weighted by atomic mass is 10.1. The Hall–Kier alpha value is -3.22. The largest absolute Gasteiger partial charge is 0.487 e. The third-order valence-electron chi connectivity index (χ3n) is 4.34. The van der Waals surface area contributed by atoms with Crippen molar-refractivity contribution in [3.8, 4) is 5.75 Å². The van der Waals surface area contributed by atoms with Gasteiger partial charge in [0.2, 0.25) is 5.91 Å². The van der Waals surface area contributed by atoms with Crippen molar-refractivity contribution in [2.24, 2.45) is 0 Å². The molecule has 0 radical (unpaired) electrons. The van der Waals surface area contributed by atoms with Crippen molar-refractivity contribution in [1.82, 2.24) is 20.3 Å². The number of halogens is 1. The second-order valence-electron chi connectivity index (χ2n) is 6.45. The van der Waals surface area contributed by atoms with E-state index in [0.29, 0.717) is 30.6 Å². The summed E-state index contributed by atoms with van der Waals surface area (Å²) in [6.45, 7) is 2.50. The first-order valence-electron chi connectivity index (χ1n) is 9.23. The molecule has 2 aromatic carbocycles. The maximum Gasteiger partial charge on any atom is 0.244 e. The van der Waals surface area contributed by atoms with Crippen LogP contribution in [-0.2, 0) is 17.8 Å². The molecule has 28 heavy (non-hydrogen) atoms. The Labute approximate surface area is 163 Å². The number of para-hydroxylation sites is 1. The Kier molecular flexibility index (Phi) is 6.73. The zero-order valence-electron chi connectivity index (χ0n) is 15.7. The Bertz CT molecular complexity index is 898. The molecule has 0 aliphatic rings. The van der Waals surface area contributed by atoms with E-state index in [2.05, 4.69) is 15.6 Å². The van der Waals surface area contributed by atoms with Crippen LogP contribution >= 0.6 is 0 Å². The molecule has 3 aromatic rings. The maximum atomic E-state index is 13.6. The smallest absolute Gasteiger partial charge is 0.244 e. The molecule has 0 fully saturated rings. The Balaban J connectivity index is 1.43. The number of rotatable bonds is 9. The number of benzene rings is 2. The summed E-state index contributed by atoms with van der Waals surface area (Å²) >= 11 is 0. The highest BCUT2D eigenvalue weighted by Gasteiger charge is 2.16. The van der Waals surface area contributed by atoms with Gasteiger partial charge in [0, 0.05) is 6.54 Å². The van der Waals surface area contributed by atoms with Gasteiger partial charge in [0.1, 0.15) is 29.9 Å². The number of carbonyl (C=O) groups is 1. The lowest BCUT2D eigenvalue weighted by molar-refractivity contribution is -0.124. The summed E-state index contributed by atoms with van der Waals surface area (Å²) in [4.78, 5) is 12.3. The number of aryl methyl sites for hydroxylation is 1. The molecule has 1 atom stereocenters. The van der Waals surface area contributed by atoms with Crippen LogP contribution in [0.2, 0.25) is 0 Å². The van der Waals surface area contributed by atoms with Crippen LogP contribution in [0.3, 0.4) is 0 Å². The number of nitrogens with zero attached hydrogens (tertiary/aromatic N) is 3. The molecule has 6 nitrogen and oxygen atoms in total. The normalized spacial score (nSPS) is 11.8. The van der Waals surface area contributed by atoms with E-state index in [1.54, 1.807) is 25.3 Å². The topological polar surface area (TPSA) is 69.0 Å². The number of carbonyl (C=O) groups excluding carboxylic acids is 1. The summed E-state index contributed by atoms with van der Waals surface area (Å²) in [5.74, 6) is 0.377. The van der Waals surface area contributed by atoms with E-state index in [4.69, 9.17) is 4.74 Å². The number of amides is 1. The molecular weight excluding hydrogens is 359 g/mol. The quantitative estimate of drug-likeness (QED) is 0.577. The molecular formula is C21H23FN4O2. The van der Waals surface area contributed by atoms with E-state index in [-0.39, 0.29) is 18.3 Å². The van der Waals surface area contributed by atoms with Crippen molar-refractivity contribution in [3.05, 3.63) is 77.9 Å². The Morgan fingerprint density at radius 2 is 1.93 bits per heavy atom. The summed E-state index contributed by atoms with van der Waals surface area (Å²) < 4.78 is 20.7. The van der Waals surface area contributed by atoms with E-state index in [9.17, 15) is 9.18 Å². The maximum absolute atomic E-state index is 13.6. The summed E-state index contributed by atoms with van der Waals surface area (Å²) in [6.07, 6.45) is 2.94. The highest BCUT2D eigenvalue weighted by atomic mass is 19.1. The predicted molar refractivity (Wildman–Crippen MR) is 103 cm³/mol. The fourth-order valence-corrected chi connectivity index (χ4v) is 2.70. The van der Waals surface area contributed by atoms with Gasteiger partial charge < -0.3 is 10.1 Å². The van der Waals surface area contributed by atoms with Crippen LogP contribution in [0.5, 0.6) is 5.75 Å². The fraction of sp³-hybridized carbons (Fsp3) is 0.286. The average Bonchev–Trinajstić information content (AvgIpc) is 3.20. The molecule has 1 unspecified atom stereocenters. The number of nitrogens with one attached hydrogen (secondary N) is 1. The zero-order valence-corrected chi connectivity index (χ0v) is 15.7. The van der Waals surface area contributed by atoms with Crippen molar-refractivity contribution in [2.75, 3.05) is 6.54 Å². The van der Waals surface area contributed by atoms with E-state index >= 15 is 0 Å². The highest BCUT2D eigenvalue weighted by molar-refractivity contribution is 5.79.